The molecule has 0 saturated carbocycles. The first kappa shape index (κ1) is 24.7. The molecular formula is C24H34BrN3O4. The average molecular weight is 508 g/mol. The maximum atomic E-state index is 13.3. The monoisotopic (exact) mass is 507 g/mol. The molecular weight excluding hydrogens is 474 g/mol. The molecule has 7 nitrogen and oxygen atoms in total. The Kier molecular flexibility index (Phi) is 7.98. The van der Waals surface area contributed by atoms with Crippen molar-refractivity contribution in [3.63, 3.8) is 0 Å². The number of carbonyl (C=O) groups is 3. The maximum absolute atomic E-state index is 13.3. The largest absolute Gasteiger partial charge is 0.372 e. The lowest BCUT2D eigenvalue weighted by Gasteiger charge is -2.38. The van der Waals surface area contributed by atoms with Crippen LogP contribution >= 0.6 is 15.9 Å². The first-order valence-corrected chi connectivity index (χ1v) is 12.1. The van der Waals surface area contributed by atoms with E-state index in [2.05, 4.69) is 35.1 Å². The molecule has 3 amide bonds. The number of nitrogens with zero attached hydrogens (tertiary/aromatic N) is 2. The van der Waals surface area contributed by atoms with Gasteiger partial charge in [-0.25, -0.2) is 0 Å². The summed E-state index contributed by atoms with van der Waals surface area (Å²) in [4.78, 5) is 42.1. The Bertz CT molecular complexity index is 863. The van der Waals surface area contributed by atoms with Crippen LogP contribution in [-0.4, -0.2) is 65.9 Å². The van der Waals surface area contributed by atoms with Gasteiger partial charge in [-0.3, -0.25) is 14.4 Å². The van der Waals surface area contributed by atoms with E-state index in [1.54, 1.807) is 23.1 Å². The van der Waals surface area contributed by atoms with Crippen LogP contribution in [0.15, 0.2) is 22.7 Å². The number of benzene rings is 1. The van der Waals surface area contributed by atoms with Crippen LogP contribution in [0.5, 0.6) is 0 Å². The third kappa shape index (κ3) is 6.54. The third-order valence-corrected chi connectivity index (χ3v) is 6.48. The smallest absolute Gasteiger partial charge is 0.256 e. The van der Waals surface area contributed by atoms with Gasteiger partial charge in [0.2, 0.25) is 11.8 Å². The molecule has 0 bridgehead atoms. The fourth-order valence-electron chi connectivity index (χ4n) is 4.62. The van der Waals surface area contributed by atoms with Crippen LogP contribution in [0, 0.1) is 11.8 Å². The van der Waals surface area contributed by atoms with Crippen LogP contribution in [0.3, 0.4) is 0 Å². The highest BCUT2D eigenvalue weighted by atomic mass is 79.9. The van der Waals surface area contributed by atoms with Crippen molar-refractivity contribution in [1.29, 1.82) is 0 Å². The zero-order valence-electron chi connectivity index (χ0n) is 19.4. The zero-order chi connectivity index (χ0) is 23.5. The van der Waals surface area contributed by atoms with Gasteiger partial charge in [0.25, 0.3) is 5.91 Å². The van der Waals surface area contributed by atoms with Gasteiger partial charge < -0.3 is 19.9 Å². The van der Waals surface area contributed by atoms with E-state index in [0.29, 0.717) is 55.9 Å². The predicted molar refractivity (Wildman–Crippen MR) is 127 cm³/mol. The van der Waals surface area contributed by atoms with E-state index in [4.69, 9.17) is 4.74 Å². The number of anilines is 1. The summed E-state index contributed by atoms with van der Waals surface area (Å²) in [5.74, 6) is 0.488. The maximum Gasteiger partial charge on any atom is 0.256 e. The molecule has 2 aliphatic rings. The van der Waals surface area contributed by atoms with Gasteiger partial charge in [-0.15, -0.1) is 0 Å². The van der Waals surface area contributed by atoms with Crippen molar-refractivity contribution < 1.29 is 19.1 Å². The molecule has 8 heteroatoms. The van der Waals surface area contributed by atoms with E-state index in [0.717, 1.165) is 10.9 Å². The minimum atomic E-state index is -0.369. The number of amides is 3. The normalized spacial score (nSPS) is 23.0. The summed E-state index contributed by atoms with van der Waals surface area (Å²) in [6.45, 7) is 11.2. The first-order valence-electron chi connectivity index (χ1n) is 11.3. The van der Waals surface area contributed by atoms with Crippen molar-refractivity contribution in [2.75, 3.05) is 38.1 Å². The minimum absolute atomic E-state index is 0.0556. The molecule has 32 heavy (non-hydrogen) atoms. The highest BCUT2D eigenvalue weighted by molar-refractivity contribution is 9.10. The molecule has 2 saturated heterocycles. The molecule has 2 fully saturated rings. The Hall–Kier alpha value is -1.93. The van der Waals surface area contributed by atoms with E-state index in [9.17, 15) is 14.4 Å². The molecule has 1 N–H and O–H groups in total. The highest BCUT2D eigenvalue weighted by Gasteiger charge is 2.30. The van der Waals surface area contributed by atoms with Crippen LogP contribution in [0.25, 0.3) is 0 Å². The fourth-order valence-corrected chi connectivity index (χ4v) is 4.98. The summed E-state index contributed by atoms with van der Waals surface area (Å²) < 4.78 is 6.43. The van der Waals surface area contributed by atoms with Crippen molar-refractivity contribution >= 4 is 39.3 Å². The van der Waals surface area contributed by atoms with E-state index in [1.807, 2.05) is 18.7 Å². The van der Waals surface area contributed by atoms with E-state index >= 15 is 0 Å². The van der Waals surface area contributed by atoms with E-state index in [1.165, 1.54) is 0 Å². The number of ether oxygens (including phenoxy) is 1. The lowest BCUT2D eigenvalue weighted by atomic mass is 9.91. The molecule has 2 aliphatic heterocycles. The lowest BCUT2D eigenvalue weighted by Crippen LogP contribution is -2.50. The summed E-state index contributed by atoms with van der Waals surface area (Å²) in [6.07, 6.45) is 1.31. The second-order valence-corrected chi connectivity index (χ2v) is 10.7. The zero-order valence-corrected chi connectivity index (χ0v) is 21.0. The minimum Gasteiger partial charge on any atom is -0.372 e. The number of likely N-dealkylation sites (tertiary alicyclic amines) is 1. The number of hydrogen-bond acceptors (Lipinski definition) is 4. The number of carbonyl (C=O) groups excluding carboxylic acids is 3. The van der Waals surface area contributed by atoms with Gasteiger partial charge in [0.05, 0.1) is 23.5 Å². The number of hydrogen-bond donors (Lipinski definition) is 1. The first-order chi connectivity index (χ1) is 15.0. The van der Waals surface area contributed by atoms with Crippen LogP contribution < -0.4 is 5.32 Å². The molecule has 0 spiro atoms. The van der Waals surface area contributed by atoms with Gasteiger partial charge in [-0.05, 0) is 50.3 Å². The van der Waals surface area contributed by atoms with Crippen LogP contribution in [0.1, 0.15) is 57.3 Å². The van der Waals surface area contributed by atoms with E-state index < -0.39 is 0 Å². The molecule has 0 aliphatic carbocycles. The average Bonchev–Trinajstić information content (AvgIpc) is 2.71. The van der Waals surface area contributed by atoms with Crippen molar-refractivity contribution in [3.8, 4) is 0 Å². The quantitative estimate of drug-likeness (QED) is 0.654. The Morgan fingerprint density at radius 3 is 2.47 bits per heavy atom. The number of rotatable bonds is 5. The molecule has 2 heterocycles. The van der Waals surface area contributed by atoms with Crippen LogP contribution in [-0.2, 0) is 14.3 Å². The topological polar surface area (TPSA) is 79.0 Å². The number of nitrogens with one attached hydrogen (secondary N) is 1. The third-order valence-electron chi connectivity index (χ3n) is 5.99. The number of halogens is 1. The Morgan fingerprint density at radius 1 is 1.12 bits per heavy atom. The van der Waals surface area contributed by atoms with Crippen molar-refractivity contribution in [1.82, 2.24) is 9.80 Å². The summed E-state index contributed by atoms with van der Waals surface area (Å²) in [5, 5.41) is 2.85. The van der Waals surface area contributed by atoms with Gasteiger partial charge in [0.1, 0.15) is 0 Å². The molecule has 1 aromatic rings. The van der Waals surface area contributed by atoms with Gasteiger partial charge in [0, 0.05) is 43.5 Å². The highest BCUT2D eigenvalue weighted by Crippen LogP contribution is 2.27. The molecule has 176 valence electrons. The summed E-state index contributed by atoms with van der Waals surface area (Å²) in [7, 11) is 0. The van der Waals surface area contributed by atoms with Gasteiger partial charge in [0.15, 0.2) is 0 Å². The van der Waals surface area contributed by atoms with Gasteiger partial charge in [-0.2, -0.15) is 0 Å². The molecule has 0 unspecified atom stereocenters. The molecule has 1 aromatic carbocycles. The Balaban J connectivity index is 1.62. The second kappa shape index (κ2) is 10.3. The number of piperidine rings is 1. The summed E-state index contributed by atoms with van der Waals surface area (Å²) >= 11 is 3.44. The molecule has 2 atom stereocenters. The summed E-state index contributed by atoms with van der Waals surface area (Å²) in [5.41, 5.74) is 0.580. The van der Waals surface area contributed by atoms with Crippen LogP contribution in [0.2, 0.25) is 0 Å². The second-order valence-electron chi connectivity index (χ2n) is 9.82. The predicted octanol–water partition coefficient (Wildman–Crippen LogP) is 3.92. The SMILES string of the molecule is C[C@@H]1C[C@H](C)CN(C(=O)c2cc(Br)ccc2NC(=O)CCC(=O)N2CCOC(C)(C)C2)C1. The van der Waals surface area contributed by atoms with Gasteiger partial charge >= 0.3 is 0 Å². The molecule has 0 radical (unpaired) electrons. The molecule has 0 aromatic heterocycles. The number of morpholine rings is 1. The van der Waals surface area contributed by atoms with Crippen molar-refractivity contribution in [2.45, 2.75) is 52.6 Å². The Morgan fingerprint density at radius 2 is 1.81 bits per heavy atom. The Labute approximate surface area is 199 Å². The summed E-state index contributed by atoms with van der Waals surface area (Å²) in [6, 6.07) is 5.29. The van der Waals surface area contributed by atoms with Gasteiger partial charge in [-0.1, -0.05) is 29.8 Å². The van der Waals surface area contributed by atoms with Crippen molar-refractivity contribution in [3.05, 3.63) is 28.2 Å². The fraction of sp³-hybridized carbons (Fsp3) is 0.625. The van der Waals surface area contributed by atoms with Crippen LogP contribution in [0.4, 0.5) is 5.69 Å². The van der Waals surface area contributed by atoms with E-state index in [-0.39, 0.29) is 36.2 Å². The lowest BCUT2D eigenvalue weighted by molar-refractivity contribution is -0.146. The molecule has 3 rings (SSSR count). The van der Waals surface area contributed by atoms with Crippen molar-refractivity contribution in [2.24, 2.45) is 11.8 Å². The standard InChI is InChI=1S/C24H34BrN3O4/c1-16-11-17(2)14-28(13-16)23(31)19-12-18(25)5-6-20(19)26-21(29)7-8-22(30)27-9-10-32-24(3,4)15-27/h5-6,12,16-17H,7-11,13-15H2,1-4H3,(H,26,29)/t16-,17+.